The highest BCUT2D eigenvalue weighted by atomic mass is 79.9. The Morgan fingerprint density at radius 1 is 0.486 bits per heavy atom. The van der Waals surface area contributed by atoms with Crippen molar-refractivity contribution in [3.63, 3.8) is 0 Å². The number of aromatic nitrogens is 2. The summed E-state index contributed by atoms with van der Waals surface area (Å²) >= 11 is 3.50. The first kappa shape index (κ1) is 23.7. The second-order valence-corrected chi connectivity index (χ2v) is 9.86. The van der Waals surface area contributed by atoms with E-state index in [4.69, 9.17) is 0 Å². The smallest absolute Gasteiger partial charge is 0.0491 e. The molecule has 3 heteroatoms. The first-order chi connectivity index (χ1) is 17.3. The molecule has 0 aliphatic carbocycles. The van der Waals surface area contributed by atoms with Crippen LogP contribution >= 0.6 is 15.9 Å². The number of para-hydroxylation sites is 4. The number of unbranched alkanes of at least 4 members (excludes halogenated alkanes) is 3. The van der Waals surface area contributed by atoms with Crippen LogP contribution in [0.5, 0.6) is 0 Å². The van der Waals surface area contributed by atoms with Gasteiger partial charge >= 0.3 is 0 Å². The van der Waals surface area contributed by atoms with Gasteiger partial charge in [-0.05, 0) is 44.0 Å². The largest absolute Gasteiger partial charge is 0.341 e. The fourth-order valence-electron chi connectivity index (χ4n) is 5.31. The first-order valence-corrected chi connectivity index (χ1v) is 13.9. The van der Waals surface area contributed by atoms with E-state index in [0.29, 0.717) is 0 Å². The summed E-state index contributed by atoms with van der Waals surface area (Å²) in [6.45, 7) is 4.34. The zero-order chi connectivity index (χ0) is 24.0. The topological polar surface area (TPSA) is 9.86 Å². The molecule has 0 unspecified atom stereocenters. The zero-order valence-corrected chi connectivity index (χ0v) is 22.0. The minimum atomic E-state index is 1.02. The van der Waals surface area contributed by atoms with Crippen molar-refractivity contribution in [3.8, 4) is 0 Å². The molecule has 0 aliphatic rings. The van der Waals surface area contributed by atoms with Crippen LogP contribution in [-0.2, 0) is 13.1 Å². The molecule has 35 heavy (non-hydrogen) atoms. The molecule has 0 N–H and O–H groups in total. The van der Waals surface area contributed by atoms with Crippen LogP contribution in [-0.4, -0.2) is 14.5 Å². The van der Waals surface area contributed by atoms with E-state index in [9.17, 15) is 0 Å². The average Bonchev–Trinajstić information content (AvgIpc) is 3.42. The van der Waals surface area contributed by atoms with Crippen molar-refractivity contribution in [2.75, 3.05) is 5.33 Å². The number of rotatable bonds is 7. The Bertz CT molecular complexity index is 1450. The Balaban J connectivity index is 0.000000151. The number of hydrogen-bond acceptors (Lipinski definition) is 0. The molecule has 2 heterocycles. The van der Waals surface area contributed by atoms with Gasteiger partial charge in [0, 0.05) is 62.0 Å². The van der Waals surface area contributed by atoms with Gasteiger partial charge in [0.05, 0.1) is 0 Å². The van der Waals surface area contributed by atoms with Gasteiger partial charge in [-0.25, -0.2) is 0 Å². The van der Waals surface area contributed by atoms with Crippen molar-refractivity contribution >= 4 is 59.5 Å². The van der Waals surface area contributed by atoms with E-state index >= 15 is 0 Å². The fourth-order valence-corrected chi connectivity index (χ4v) is 5.70. The van der Waals surface area contributed by atoms with Gasteiger partial charge in [0.1, 0.15) is 0 Å². The van der Waals surface area contributed by atoms with Crippen LogP contribution in [0.15, 0.2) is 97.1 Å². The van der Waals surface area contributed by atoms with Gasteiger partial charge < -0.3 is 9.13 Å². The van der Waals surface area contributed by atoms with Crippen molar-refractivity contribution in [3.05, 3.63) is 97.1 Å². The van der Waals surface area contributed by atoms with E-state index < -0.39 is 0 Å². The van der Waals surface area contributed by atoms with E-state index in [1.165, 1.54) is 69.3 Å². The fraction of sp³-hybridized carbons (Fsp3) is 0.250. The summed E-state index contributed by atoms with van der Waals surface area (Å²) in [5, 5.41) is 6.60. The summed E-state index contributed by atoms with van der Waals surface area (Å²) in [7, 11) is 0. The highest BCUT2D eigenvalue weighted by Crippen LogP contribution is 2.29. The molecule has 4 aromatic carbocycles. The number of hydrogen-bond donors (Lipinski definition) is 0. The Kier molecular flexibility index (Phi) is 7.54. The Morgan fingerprint density at radius 2 is 0.857 bits per heavy atom. The first-order valence-electron chi connectivity index (χ1n) is 12.8. The highest BCUT2D eigenvalue weighted by molar-refractivity contribution is 9.09. The molecule has 0 saturated heterocycles. The molecule has 0 bridgehead atoms. The molecule has 6 aromatic rings. The molecule has 178 valence electrons. The number of fused-ring (bicyclic) bond motifs is 6. The molecular formula is C32H33BrN2. The summed E-state index contributed by atoms with van der Waals surface area (Å²) in [6, 6.07) is 34.7. The van der Waals surface area contributed by atoms with E-state index in [1.807, 2.05) is 0 Å². The maximum Gasteiger partial charge on any atom is 0.0491 e. The standard InChI is InChI=1S/C18H20BrN.C14H13N/c19-13-7-1-2-8-14-20-17-11-5-3-9-15(17)16-10-4-6-12-18(16)20;1-2-15-13-9-5-3-7-11(13)12-8-4-6-10-14(12)15/h3-6,9-12H,1-2,7-8,13-14H2;3-10H,2H2,1H3. The molecule has 2 nitrogen and oxygen atoms in total. The summed E-state index contributed by atoms with van der Waals surface area (Å²) in [4.78, 5) is 0. The summed E-state index contributed by atoms with van der Waals surface area (Å²) < 4.78 is 4.85. The van der Waals surface area contributed by atoms with Gasteiger partial charge in [0.25, 0.3) is 0 Å². The lowest BCUT2D eigenvalue weighted by Crippen LogP contribution is -1.97. The van der Waals surface area contributed by atoms with Gasteiger partial charge in [0.2, 0.25) is 0 Å². The van der Waals surface area contributed by atoms with Crippen LogP contribution < -0.4 is 0 Å². The molecule has 0 spiro atoms. The van der Waals surface area contributed by atoms with Crippen molar-refractivity contribution in [1.29, 1.82) is 0 Å². The van der Waals surface area contributed by atoms with Crippen LogP contribution in [0.4, 0.5) is 0 Å². The molecule has 0 saturated carbocycles. The molecule has 0 aliphatic heterocycles. The lowest BCUT2D eigenvalue weighted by Gasteiger charge is -2.07. The van der Waals surface area contributed by atoms with Gasteiger partial charge in [-0.15, -0.1) is 0 Å². The SMILES string of the molecule is BrCCCCCCn1c2ccccc2c2ccccc21.CCn1c2ccccc2c2ccccc21. The number of halogens is 1. The summed E-state index contributed by atoms with van der Waals surface area (Å²) in [5.41, 5.74) is 5.41. The number of nitrogens with zero attached hydrogens (tertiary/aromatic N) is 2. The molecule has 0 radical (unpaired) electrons. The maximum absolute atomic E-state index is 3.50. The minimum absolute atomic E-state index is 1.02. The normalized spacial score (nSPS) is 11.4. The van der Waals surface area contributed by atoms with Crippen molar-refractivity contribution < 1.29 is 0 Å². The van der Waals surface area contributed by atoms with Gasteiger partial charge in [-0.3, -0.25) is 0 Å². The second kappa shape index (κ2) is 11.1. The molecule has 0 atom stereocenters. The summed E-state index contributed by atoms with van der Waals surface area (Å²) in [6.07, 6.45) is 5.18. The molecule has 0 amide bonds. The quantitative estimate of drug-likeness (QED) is 0.145. The van der Waals surface area contributed by atoms with Crippen LogP contribution in [0.3, 0.4) is 0 Å². The molecule has 0 fully saturated rings. The van der Waals surface area contributed by atoms with E-state index in [-0.39, 0.29) is 0 Å². The third kappa shape index (κ3) is 4.75. The van der Waals surface area contributed by atoms with Crippen molar-refractivity contribution in [2.24, 2.45) is 0 Å². The predicted octanol–water partition coefficient (Wildman–Crippen LogP) is 9.56. The third-order valence-electron chi connectivity index (χ3n) is 6.94. The average molecular weight is 526 g/mol. The van der Waals surface area contributed by atoms with E-state index in [2.05, 4.69) is 129 Å². The Labute approximate surface area is 216 Å². The number of alkyl halides is 1. The third-order valence-corrected chi connectivity index (χ3v) is 7.50. The Hall–Kier alpha value is -3.04. The lowest BCUT2D eigenvalue weighted by atomic mass is 10.2. The van der Waals surface area contributed by atoms with Crippen molar-refractivity contribution in [2.45, 2.75) is 45.7 Å². The van der Waals surface area contributed by atoms with Crippen LogP contribution in [0.1, 0.15) is 32.6 Å². The van der Waals surface area contributed by atoms with E-state index in [0.717, 1.165) is 18.4 Å². The monoisotopic (exact) mass is 524 g/mol. The number of aryl methyl sites for hydroxylation is 2. The van der Waals surface area contributed by atoms with Gasteiger partial charge in [-0.2, -0.15) is 0 Å². The Morgan fingerprint density at radius 3 is 1.26 bits per heavy atom. The highest BCUT2D eigenvalue weighted by Gasteiger charge is 2.09. The molecule has 6 rings (SSSR count). The minimum Gasteiger partial charge on any atom is -0.341 e. The zero-order valence-electron chi connectivity index (χ0n) is 20.5. The number of benzene rings is 4. The lowest BCUT2D eigenvalue weighted by molar-refractivity contribution is 0.605. The van der Waals surface area contributed by atoms with Crippen LogP contribution in [0, 0.1) is 0 Å². The van der Waals surface area contributed by atoms with Gasteiger partial charge in [0.15, 0.2) is 0 Å². The summed E-state index contributed by atoms with van der Waals surface area (Å²) in [5.74, 6) is 0. The second-order valence-electron chi connectivity index (χ2n) is 9.07. The maximum atomic E-state index is 3.50. The molecular weight excluding hydrogens is 492 g/mol. The van der Waals surface area contributed by atoms with Gasteiger partial charge in [-0.1, -0.05) is 102 Å². The van der Waals surface area contributed by atoms with Crippen LogP contribution in [0.25, 0.3) is 43.6 Å². The molecule has 2 aromatic heterocycles. The van der Waals surface area contributed by atoms with Crippen molar-refractivity contribution in [1.82, 2.24) is 9.13 Å². The van der Waals surface area contributed by atoms with E-state index in [1.54, 1.807) is 0 Å². The van der Waals surface area contributed by atoms with Crippen LogP contribution in [0.2, 0.25) is 0 Å². The predicted molar refractivity (Wildman–Crippen MR) is 157 cm³/mol.